The van der Waals surface area contributed by atoms with Crippen LogP contribution in [0.1, 0.15) is 55.6 Å². The summed E-state index contributed by atoms with van der Waals surface area (Å²) < 4.78 is 5.71. The first-order valence-electron chi connectivity index (χ1n) is 12.6. The van der Waals surface area contributed by atoms with Gasteiger partial charge in [-0.2, -0.15) is 0 Å². The second-order valence-corrected chi connectivity index (χ2v) is 10.5. The molecule has 7 rings (SSSR count). The van der Waals surface area contributed by atoms with E-state index in [0.29, 0.717) is 32.2 Å². The molecular formula is C28H30N2O5. The number of benzene rings is 2. The molecule has 182 valence electrons. The van der Waals surface area contributed by atoms with Gasteiger partial charge < -0.3 is 20.1 Å². The van der Waals surface area contributed by atoms with Crippen LogP contribution in [0.5, 0.6) is 0 Å². The fraction of sp³-hybridized carbons (Fsp3) is 0.464. The van der Waals surface area contributed by atoms with Gasteiger partial charge in [0.25, 0.3) is 0 Å². The predicted octanol–water partition coefficient (Wildman–Crippen LogP) is 4.16. The zero-order valence-corrected chi connectivity index (χ0v) is 19.6. The maximum absolute atomic E-state index is 13.6. The molecule has 3 aliphatic carbocycles. The van der Waals surface area contributed by atoms with Crippen LogP contribution >= 0.6 is 0 Å². The molecule has 0 radical (unpaired) electrons. The van der Waals surface area contributed by atoms with Crippen molar-refractivity contribution in [2.24, 2.45) is 11.8 Å². The maximum Gasteiger partial charge on any atom is 0.408 e. The van der Waals surface area contributed by atoms with Crippen LogP contribution in [0.2, 0.25) is 0 Å². The van der Waals surface area contributed by atoms with Crippen LogP contribution in [0.3, 0.4) is 0 Å². The molecule has 2 aromatic carbocycles. The Balaban J connectivity index is 1.15. The lowest BCUT2D eigenvalue weighted by molar-refractivity contribution is -0.161. The van der Waals surface area contributed by atoms with Gasteiger partial charge in [0, 0.05) is 18.5 Å². The van der Waals surface area contributed by atoms with Gasteiger partial charge in [-0.05, 0) is 66.7 Å². The topological polar surface area (TPSA) is 95.9 Å². The third kappa shape index (κ3) is 3.60. The summed E-state index contributed by atoms with van der Waals surface area (Å²) in [4.78, 5) is 40.1. The predicted molar refractivity (Wildman–Crippen MR) is 129 cm³/mol. The highest BCUT2D eigenvalue weighted by Crippen LogP contribution is 2.45. The van der Waals surface area contributed by atoms with Crippen molar-refractivity contribution in [1.82, 2.24) is 10.2 Å². The van der Waals surface area contributed by atoms with E-state index in [2.05, 4.69) is 29.6 Å². The number of ether oxygens (including phenoxy) is 1. The minimum atomic E-state index is -0.983. The fourth-order valence-corrected chi connectivity index (χ4v) is 6.72. The van der Waals surface area contributed by atoms with Crippen LogP contribution in [-0.2, 0) is 14.3 Å². The monoisotopic (exact) mass is 474 g/mol. The molecule has 0 aromatic heterocycles. The van der Waals surface area contributed by atoms with E-state index in [9.17, 15) is 19.5 Å². The Kier molecular flexibility index (Phi) is 5.31. The Morgan fingerprint density at radius 2 is 1.66 bits per heavy atom. The van der Waals surface area contributed by atoms with Crippen molar-refractivity contribution in [3.63, 3.8) is 0 Å². The summed E-state index contributed by atoms with van der Waals surface area (Å²) in [5.74, 6) is -1.31. The van der Waals surface area contributed by atoms with Crippen molar-refractivity contribution in [3.05, 3.63) is 59.7 Å². The summed E-state index contributed by atoms with van der Waals surface area (Å²) in [6.45, 7) is 0.779. The molecular weight excluding hydrogens is 444 g/mol. The highest BCUT2D eigenvalue weighted by Gasteiger charge is 2.54. The lowest BCUT2D eigenvalue weighted by Gasteiger charge is -2.53. The minimum absolute atomic E-state index is 0.0460. The molecule has 2 N–H and O–H groups in total. The molecule has 35 heavy (non-hydrogen) atoms. The summed E-state index contributed by atoms with van der Waals surface area (Å²) in [5, 5.41) is 12.6. The molecule has 7 nitrogen and oxygen atoms in total. The third-order valence-electron chi connectivity index (χ3n) is 8.66. The SMILES string of the molecule is O=C(NC1(C(=O)N2CC3CCC2C(C(=O)O)C3)CCC1)OCC1c2ccccc2-c2ccccc21. The van der Waals surface area contributed by atoms with Gasteiger partial charge in [0.15, 0.2) is 0 Å². The van der Waals surface area contributed by atoms with E-state index < -0.39 is 23.5 Å². The van der Waals surface area contributed by atoms with Gasteiger partial charge in [0.2, 0.25) is 5.91 Å². The summed E-state index contributed by atoms with van der Waals surface area (Å²) in [7, 11) is 0. The van der Waals surface area contributed by atoms with Crippen LogP contribution in [0, 0.1) is 11.8 Å². The van der Waals surface area contributed by atoms with Gasteiger partial charge in [-0.3, -0.25) is 9.59 Å². The lowest BCUT2D eigenvalue weighted by atomic mass is 9.70. The number of rotatable bonds is 5. The molecule has 2 aromatic rings. The van der Waals surface area contributed by atoms with Crippen molar-refractivity contribution < 1.29 is 24.2 Å². The summed E-state index contributed by atoms with van der Waals surface area (Å²) in [6, 6.07) is 16.1. The van der Waals surface area contributed by atoms with Crippen molar-refractivity contribution in [2.45, 2.75) is 56.0 Å². The van der Waals surface area contributed by atoms with E-state index in [4.69, 9.17) is 4.74 Å². The molecule has 2 aliphatic heterocycles. The fourth-order valence-electron chi connectivity index (χ4n) is 6.72. The lowest BCUT2D eigenvalue weighted by Crippen LogP contribution is -2.68. The van der Waals surface area contributed by atoms with Crippen LogP contribution in [0.25, 0.3) is 11.1 Å². The number of nitrogens with one attached hydrogen (secondary N) is 1. The van der Waals surface area contributed by atoms with E-state index >= 15 is 0 Å². The van der Waals surface area contributed by atoms with Crippen molar-refractivity contribution >= 4 is 18.0 Å². The van der Waals surface area contributed by atoms with Crippen molar-refractivity contribution in [1.29, 1.82) is 0 Å². The standard InChI is InChI=1S/C28H30N2O5/c31-25(32)22-14-17-10-11-24(22)30(15-17)26(33)28(12-5-13-28)29-27(34)35-16-23-20-8-3-1-6-18(20)19-7-2-4-9-21(19)23/h1-4,6-9,17,22-24H,5,10-16H2,(H,29,34)(H,31,32). The molecule has 2 heterocycles. The molecule has 0 spiro atoms. The number of carboxylic acid groups (broad SMARTS) is 1. The van der Waals surface area contributed by atoms with Crippen LogP contribution in [0.15, 0.2) is 48.5 Å². The molecule has 3 unspecified atom stereocenters. The number of carbonyl (C=O) groups excluding carboxylic acids is 2. The average Bonchev–Trinajstić information content (AvgIpc) is 3.18. The molecule has 2 bridgehead atoms. The molecule has 4 fully saturated rings. The largest absolute Gasteiger partial charge is 0.481 e. The molecule has 3 atom stereocenters. The molecule has 2 saturated heterocycles. The normalized spacial score (nSPS) is 25.8. The smallest absolute Gasteiger partial charge is 0.408 e. The van der Waals surface area contributed by atoms with Gasteiger partial charge in [-0.15, -0.1) is 0 Å². The zero-order chi connectivity index (χ0) is 24.2. The van der Waals surface area contributed by atoms with Crippen molar-refractivity contribution in [2.75, 3.05) is 13.2 Å². The van der Waals surface area contributed by atoms with E-state index in [0.717, 1.165) is 35.1 Å². The summed E-state index contributed by atoms with van der Waals surface area (Å²) >= 11 is 0. The van der Waals surface area contributed by atoms with Crippen LogP contribution < -0.4 is 5.32 Å². The number of fused-ring (bicyclic) bond motifs is 6. The van der Waals surface area contributed by atoms with Gasteiger partial charge >= 0.3 is 12.1 Å². The molecule has 2 amide bonds. The number of alkyl carbamates (subject to hydrolysis) is 1. The van der Waals surface area contributed by atoms with E-state index in [1.807, 2.05) is 24.3 Å². The number of carboxylic acids is 1. The minimum Gasteiger partial charge on any atom is -0.481 e. The number of hydrogen-bond acceptors (Lipinski definition) is 4. The van der Waals surface area contributed by atoms with E-state index in [-0.39, 0.29) is 30.4 Å². The number of amides is 2. The Bertz CT molecular complexity index is 1140. The Labute approximate surface area is 204 Å². The Morgan fingerprint density at radius 1 is 1.00 bits per heavy atom. The first-order chi connectivity index (χ1) is 17.0. The third-order valence-corrected chi connectivity index (χ3v) is 8.66. The van der Waals surface area contributed by atoms with Gasteiger partial charge in [0.05, 0.1) is 5.92 Å². The second kappa shape index (κ2) is 8.40. The average molecular weight is 475 g/mol. The van der Waals surface area contributed by atoms with Gasteiger partial charge in [-0.1, -0.05) is 48.5 Å². The van der Waals surface area contributed by atoms with Gasteiger partial charge in [0.1, 0.15) is 12.1 Å². The first-order valence-corrected chi connectivity index (χ1v) is 12.6. The highest BCUT2D eigenvalue weighted by atomic mass is 16.5. The molecule has 2 saturated carbocycles. The number of nitrogens with zero attached hydrogens (tertiary/aromatic N) is 1. The van der Waals surface area contributed by atoms with E-state index in [1.165, 1.54) is 0 Å². The van der Waals surface area contributed by atoms with Crippen molar-refractivity contribution in [3.8, 4) is 11.1 Å². The maximum atomic E-state index is 13.6. The number of piperidine rings is 2. The zero-order valence-electron chi connectivity index (χ0n) is 19.6. The first kappa shape index (κ1) is 22.1. The molecule has 7 heteroatoms. The number of aliphatic carboxylic acids is 1. The summed E-state index contributed by atoms with van der Waals surface area (Å²) in [5.41, 5.74) is 3.62. The number of hydrogen-bond donors (Lipinski definition) is 2. The van der Waals surface area contributed by atoms with Gasteiger partial charge in [-0.25, -0.2) is 4.79 Å². The Hall–Kier alpha value is -3.35. The Morgan fingerprint density at radius 3 is 2.23 bits per heavy atom. The highest BCUT2D eigenvalue weighted by molar-refractivity contribution is 5.92. The number of carbonyl (C=O) groups is 3. The van der Waals surface area contributed by atoms with Crippen LogP contribution in [0.4, 0.5) is 4.79 Å². The second-order valence-electron chi connectivity index (χ2n) is 10.5. The quantitative estimate of drug-likeness (QED) is 0.679. The molecule has 5 aliphatic rings. The van der Waals surface area contributed by atoms with Crippen LogP contribution in [-0.4, -0.2) is 52.7 Å². The van der Waals surface area contributed by atoms with E-state index in [1.54, 1.807) is 4.90 Å². The summed E-state index contributed by atoms with van der Waals surface area (Å²) in [6.07, 6.45) is 3.69.